The maximum atomic E-state index is 12.6. The Bertz CT molecular complexity index is 739. The predicted molar refractivity (Wildman–Crippen MR) is 101 cm³/mol. The number of anilines is 1. The molecule has 138 valence electrons. The lowest BCUT2D eigenvalue weighted by atomic mass is 9.81. The summed E-state index contributed by atoms with van der Waals surface area (Å²) >= 11 is 0. The predicted octanol–water partition coefficient (Wildman–Crippen LogP) is 3.96. The summed E-state index contributed by atoms with van der Waals surface area (Å²) in [4.78, 5) is 24.9. The Hall–Kier alpha value is -2.56. The van der Waals surface area contributed by atoms with Gasteiger partial charge in [-0.05, 0) is 62.8 Å². The summed E-state index contributed by atoms with van der Waals surface area (Å²) in [7, 11) is 0. The van der Waals surface area contributed by atoms with Gasteiger partial charge in [-0.15, -0.1) is 0 Å². The summed E-state index contributed by atoms with van der Waals surface area (Å²) in [5, 5.41) is 6.00. The maximum absolute atomic E-state index is 12.6. The number of hydrogen-bond donors (Lipinski definition) is 2. The second-order valence-electron chi connectivity index (χ2n) is 7.10. The number of carbonyl (C=O) groups excluding carboxylic acids is 2. The number of hydrogen-bond acceptors (Lipinski definition) is 3. The largest absolute Gasteiger partial charge is 0.467 e. The molecule has 3 rings (SSSR count). The highest BCUT2D eigenvalue weighted by atomic mass is 16.3. The summed E-state index contributed by atoms with van der Waals surface area (Å²) in [6.07, 6.45) is 4.58. The third kappa shape index (κ3) is 4.34. The van der Waals surface area contributed by atoms with Crippen LogP contribution in [0.1, 0.15) is 42.6 Å². The van der Waals surface area contributed by atoms with Crippen LogP contribution >= 0.6 is 0 Å². The molecule has 1 aromatic heterocycles. The van der Waals surface area contributed by atoms with Gasteiger partial charge in [-0.3, -0.25) is 9.59 Å². The van der Waals surface area contributed by atoms with E-state index in [4.69, 9.17) is 4.42 Å². The molecule has 1 fully saturated rings. The molecule has 1 heterocycles. The summed E-state index contributed by atoms with van der Waals surface area (Å²) in [6.45, 7) is 4.42. The van der Waals surface area contributed by atoms with E-state index in [2.05, 4.69) is 10.6 Å². The number of nitrogens with one attached hydrogen (secondary N) is 2. The Balaban J connectivity index is 1.48. The van der Waals surface area contributed by atoms with E-state index >= 15 is 0 Å². The first kappa shape index (κ1) is 18.2. The second-order valence-corrected chi connectivity index (χ2v) is 7.10. The second kappa shape index (κ2) is 8.21. The van der Waals surface area contributed by atoms with E-state index in [0.29, 0.717) is 6.54 Å². The van der Waals surface area contributed by atoms with E-state index < -0.39 is 0 Å². The van der Waals surface area contributed by atoms with E-state index in [1.807, 2.05) is 44.2 Å². The van der Waals surface area contributed by atoms with E-state index in [0.717, 1.165) is 48.3 Å². The van der Waals surface area contributed by atoms with E-state index in [9.17, 15) is 9.59 Å². The number of carbonyl (C=O) groups is 2. The molecule has 2 N–H and O–H groups in total. The summed E-state index contributed by atoms with van der Waals surface area (Å²) < 4.78 is 5.23. The van der Waals surface area contributed by atoms with Crippen LogP contribution in [0.3, 0.4) is 0 Å². The highest BCUT2D eigenvalue weighted by Crippen LogP contribution is 2.30. The first-order chi connectivity index (χ1) is 12.5. The lowest BCUT2D eigenvalue weighted by Crippen LogP contribution is -2.35. The molecule has 1 aromatic carbocycles. The molecule has 0 saturated heterocycles. The van der Waals surface area contributed by atoms with Crippen LogP contribution < -0.4 is 10.6 Å². The standard InChI is InChI=1S/C21H26N2O3/c1-14-5-3-6-15(2)19(14)23-21(25)17-10-8-16(9-11-17)20(24)22-13-18-7-4-12-26-18/h3-7,12,16-17H,8-11,13H2,1-2H3,(H,22,24)(H,23,25). The summed E-state index contributed by atoms with van der Waals surface area (Å²) in [6, 6.07) is 9.65. The third-order valence-corrected chi connectivity index (χ3v) is 5.22. The number of para-hydroxylation sites is 1. The lowest BCUT2D eigenvalue weighted by Gasteiger charge is -2.27. The fourth-order valence-corrected chi connectivity index (χ4v) is 3.59. The van der Waals surface area contributed by atoms with Crippen molar-refractivity contribution in [3.63, 3.8) is 0 Å². The molecule has 2 aromatic rings. The van der Waals surface area contributed by atoms with Crippen LogP contribution in [-0.2, 0) is 16.1 Å². The molecule has 5 heteroatoms. The Morgan fingerprint density at radius 3 is 2.15 bits per heavy atom. The smallest absolute Gasteiger partial charge is 0.227 e. The highest BCUT2D eigenvalue weighted by Gasteiger charge is 2.30. The normalized spacial score (nSPS) is 19.8. The monoisotopic (exact) mass is 354 g/mol. The van der Waals surface area contributed by atoms with Crippen molar-refractivity contribution in [2.24, 2.45) is 11.8 Å². The zero-order valence-electron chi connectivity index (χ0n) is 15.4. The summed E-state index contributed by atoms with van der Waals surface area (Å²) in [5.41, 5.74) is 3.06. The molecule has 0 radical (unpaired) electrons. The minimum absolute atomic E-state index is 0.0193. The Morgan fingerprint density at radius 2 is 1.58 bits per heavy atom. The van der Waals surface area contributed by atoms with Crippen LogP contribution in [0.4, 0.5) is 5.69 Å². The van der Waals surface area contributed by atoms with Crippen molar-refractivity contribution in [1.82, 2.24) is 5.32 Å². The number of amides is 2. The molecule has 2 amide bonds. The SMILES string of the molecule is Cc1cccc(C)c1NC(=O)C1CCC(C(=O)NCc2ccco2)CC1. The van der Waals surface area contributed by atoms with Gasteiger partial charge in [0.2, 0.25) is 11.8 Å². The molecule has 0 bridgehead atoms. The van der Waals surface area contributed by atoms with Crippen LogP contribution in [0.25, 0.3) is 0 Å². The minimum Gasteiger partial charge on any atom is -0.467 e. The van der Waals surface area contributed by atoms with E-state index in [1.165, 1.54) is 0 Å². The Morgan fingerprint density at radius 1 is 0.962 bits per heavy atom. The molecule has 1 aliphatic rings. The molecule has 0 aliphatic heterocycles. The molecule has 1 saturated carbocycles. The zero-order valence-corrected chi connectivity index (χ0v) is 15.4. The van der Waals surface area contributed by atoms with Crippen molar-refractivity contribution >= 4 is 17.5 Å². The first-order valence-electron chi connectivity index (χ1n) is 9.21. The number of aryl methyl sites for hydroxylation is 2. The van der Waals surface area contributed by atoms with Crippen LogP contribution in [0.5, 0.6) is 0 Å². The fraction of sp³-hybridized carbons (Fsp3) is 0.429. The van der Waals surface area contributed by atoms with Crippen LogP contribution in [0.2, 0.25) is 0 Å². The first-order valence-corrected chi connectivity index (χ1v) is 9.21. The van der Waals surface area contributed by atoms with Crippen molar-refractivity contribution in [2.75, 3.05) is 5.32 Å². The van der Waals surface area contributed by atoms with Gasteiger partial charge in [0.05, 0.1) is 12.8 Å². The molecule has 26 heavy (non-hydrogen) atoms. The fourth-order valence-electron chi connectivity index (χ4n) is 3.59. The van der Waals surface area contributed by atoms with Crippen LogP contribution in [0.15, 0.2) is 41.0 Å². The number of furan rings is 1. The van der Waals surface area contributed by atoms with Gasteiger partial charge in [-0.2, -0.15) is 0 Å². The molecular weight excluding hydrogens is 328 g/mol. The number of rotatable bonds is 5. The van der Waals surface area contributed by atoms with Crippen molar-refractivity contribution in [1.29, 1.82) is 0 Å². The number of benzene rings is 1. The lowest BCUT2D eigenvalue weighted by molar-refractivity contribution is -0.128. The maximum Gasteiger partial charge on any atom is 0.227 e. The van der Waals surface area contributed by atoms with Crippen LogP contribution in [0, 0.1) is 25.7 Å². The van der Waals surface area contributed by atoms with Gasteiger partial charge in [-0.1, -0.05) is 18.2 Å². The van der Waals surface area contributed by atoms with Crippen molar-refractivity contribution < 1.29 is 14.0 Å². The molecule has 5 nitrogen and oxygen atoms in total. The van der Waals surface area contributed by atoms with Gasteiger partial charge < -0.3 is 15.1 Å². The van der Waals surface area contributed by atoms with Crippen molar-refractivity contribution in [3.8, 4) is 0 Å². The third-order valence-electron chi connectivity index (χ3n) is 5.22. The quantitative estimate of drug-likeness (QED) is 0.854. The van der Waals surface area contributed by atoms with Crippen molar-refractivity contribution in [3.05, 3.63) is 53.5 Å². The average Bonchev–Trinajstić information content (AvgIpc) is 3.16. The van der Waals surface area contributed by atoms with Gasteiger partial charge in [0.15, 0.2) is 0 Å². The Labute approximate surface area is 154 Å². The molecule has 0 atom stereocenters. The molecule has 1 aliphatic carbocycles. The molecule has 0 spiro atoms. The van der Waals surface area contributed by atoms with Gasteiger partial charge >= 0.3 is 0 Å². The van der Waals surface area contributed by atoms with Gasteiger partial charge in [0.1, 0.15) is 5.76 Å². The van der Waals surface area contributed by atoms with Gasteiger partial charge in [0.25, 0.3) is 0 Å². The highest BCUT2D eigenvalue weighted by molar-refractivity contribution is 5.94. The minimum atomic E-state index is -0.0249. The molecular formula is C21H26N2O3. The van der Waals surface area contributed by atoms with Crippen molar-refractivity contribution in [2.45, 2.75) is 46.1 Å². The molecule has 0 unspecified atom stereocenters. The average molecular weight is 354 g/mol. The zero-order chi connectivity index (χ0) is 18.5. The van der Waals surface area contributed by atoms with E-state index in [-0.39, 0.29) is 23.7 Å². The summed E-state index contributed by atoms with van der Waals surface area (Å²) in [5.74, 6) is 0.823. The van der Waals surface area contributed by atoms with E-state index in [1.54, 1.807) is 6.26 Å². The topological polar surface area (TPSA) is 71.3 Å². The van der Waals surface area contributed by atoms with Gasteiger partial charge in [0, 0.05) is 17.5 Å². The van der Waals surface area contributed by atoms with Crippen LogP contribution in [-0.4, -0.2) is 11.8 Å². The van der Waals surface area contributed by atoms with Gasteiger partial charge in [-0.25, -0.2) is 0 Å². The Kier molecular flexibility index (Phi) is 5.76.